The first-order chi connectivity index (χ1) is 8.37. The summed E-state index contributed by atoms with van der Waals surface area (Å²) in [6.07, 6.45) is 1.43. The molecule has 6 heteroatoms. The molecule has 1 amide bonds. The molecule has 0 aliphatic carbocycles. The lowest BCUT2D eigenvalue weighted by atomic mass is 10.1. The first-order valence-electron chi connectivity index (χ1n) is 6.16. The van der Waals surface area contributed by atoms with E-state index in [1.54, 1.807) is 4.90 Å². The summed E-state index contributed by atoms with van der Waals surface area (Å²) in [5.41, 5.74) is 7.25. The highest BCUT2D eigenvalue weighted by Crippen LogP contribution is 2.22. The predicted octanol–water partition coefficient (Wildman–Crippen LogP) is 1.68. The predicted molar refractivity (Wildman–Crippen MR) is 68.0 cm³/mol. The Kier molecular flexibility index (Phi) is 3.19. The fraction of sp³-hybridized carbons (Fsp3) is 0.667. The summed E-state index contributed by atoms with van der Waals surface area (Å²) < 4.78 is 5.38. The minimum absolute atomic E-state index is 0.288. The van der Waals surface area contributed by atoms with Gasteiger partial charge in [-0.1, -0.05) is 0 Å². The van der Waals surface area contributed by atoms with E-state index in [-0.39, 0.29) is 6.09 Å². The molecule has 1 aromatic heterocycles. The van der Waals surface area contributed by atoms with E-state index < -0.39 is 5.60 Å². The summed E-state index contributed by atoms with van der Waals surface area (Å²) in [6.45, 7) is 6.75. The van der Waals surface area contributed by atoms with E-state index in [0.29, 0.717) is 18.9 Å². The number of aromatic amines is 1. The minimum atomic E-state index is -0.473. The number of hydrogen-bond donors (Lipinski definition) is 2. The number of ether oxygens (including phenoxy) is 1. The zero-order valence-electron chi connectivity index (χ0n) is 11.1. The number of amides is 1. The Bertz CT molecular complexity index is 447. The fourth-order valence-electron chi connectivity index (χ4n) is 2.03. The van der Waals surface area contributed by atoms with Crippen LogP contribution in [-0.2, 0) is 17.7 Å². The number of nitrogen functional groups attached to an aromatic ring is 1. The molecular formula is C12H20N4O2. The minimum Gasteiger partial charge on any atom is -0.444 e. The van der Waals surface area contributed by atoms with E-state index in [2.05, 4.69) is 10.2 Å². The molecule has 100 valence electrons. The Labute approximate surface area is 106 Å². The molecule has 1 aliphatic heterocycles. The number of nitrogens with zero attached hydrogens (tertiary/aromatic N) is 2. The normalized spacial score (nSPS) is 16.1. The largest absolute Gasteiger partial charge is 0.444 e. The van der Waals surface area contributed by atoms with Crippen LogP contribution >= 0.6 is 0 Å². The molecule has 2 heterocycles. The average molecular weight is 252 g/mol. The third-order valence-electron chi connectivity index (χ3n) is 2.84. The maximum absolute atomic E-state index is 12.0. The van der Waals surface area contributed by atoms with Crippen LogP contribution in [0, 0.1) is 0 Å². The van der Waals surface area contributed by atoms with E-state index in [9.17, 15) is 4.79 Å². The zero-order chi connectivity index (χ0) is 13.3. The van der Waals surface area contributed by atoms with Gasteiger partial charge in [-0.25, -0.2) is 4.79 Å². The molecule has 0 spiro atoms. The van der Waals surface area contributed by atoms with E-state index in [1.165, 1.54) is 0 Å². The van der Waals surface area contributed by atoms with Gasteiger partial charge < -0.3 is 15.4 Å². The molecule has 2 rings (SSSR count). The van der Waals surface area contributed by atoms with Crippen LogP contribution in [0.3, 0.4) is 0 Å². The second-order valence-electron chi connectivity index (χ2n) is 5.57. The van der Waals surface area contributed by atoms with E-state index in [0.717, 1.165) is 24.1 Å². The van der Waals surface area contributed by atoms with Gasteiger partial charge in [0, 0.05) is 12.1 Å². The molecule has 18 heavy (non-hydrogen) atoms. The average Bonchev–Trinajstić information content (AvgIpc) is 2.49. The molecule has 0 bridgehead atoms. The van der Waals surface area contributed by atoms with Gasteiger partial charge in [0.25, 0.3) is 0 Å². The summed E-state index contributed by atoms with van der Waals surface area (Å²) in [5.74, 6) is 0.538. The van der Waals surface area contributed by atoms with Crippen molar-refractivity contribution in [1.29, 1.82) is 0 Å². The Balaban J connectivity index is 2.10. The smallest absolute Gasteiger partial charge is 0.410 e. The maximum Gasteiger partial charge on any atom is 0.410 e. The molecule has 0 saturated carbocycles. The van der Waals surface area contributed by atoms with Crippen LogP contribution in [0.2, 0.25) is 0 Å². The Morgan fingerprint density at radius 1 is 1.50 bits per heavy atom. The number of fused-ring (bicyclic) bond motifs is 1. The number of aromatic nitrogens is 2. The SMILES string of the molecule is CC(C)(C)OC(=O)N1CCCc2c(N)n[nH]c2C1. The van der Waals surface area contributed by atoms with Gasteiger partial charge in [-0.3, -0.25) is 5.10 Å². The lowest BCUT2D eigenvalue weighted by Crippen LogP contribution is -2.36. The van der Waals surface area contributed by atoms with Crippen molar-refractivity contribution >= 4 is 11.9 Å². The number of rotatable bonds is 0. The number of hydrogen-bond acceptors (Lipinski definition) is 4. The Hall–Kier alpha value is -1.72. The number of H-pyrrole nitrogens is 1. The lowest BCUT2D eigenvalue weighted by molar-refractivity contribution is 0.0234. The molecule has 0 radical (unpaired) electrons. The van der Waals surface area contributed by atoms with Gasteiger partial charge in [-0.05, 0) is 33.6 Å². The van der Waals surface area contributed by atoms with Gasteiger partial charge in [0.1, 0.15) is 11.4 Å². The molecule has 1 aliphatic rings. The van der Waals surface area contributed by atoms with Crippen LogP contribution in [-0.4, -0.2) is 33.3 Å². The van der Waals surface area contributed by atoms with Crippen LogP contribution in [0.1, 0.15) is 38.4 Å². The third-order valence-corrected chi connectivity index (χ3v) is 2.84. The lowest BCUT2D eigenvalue weighted by Gasteiger charge is -2.26. The molecule has 0 fully saturated rings. The van der Waals surface area contributed by atoms with Gasteiger partial charge in [0.05, 0.1) is 12.2 Å². The number of anilines is 1. The summed E-state index contributed by atoms with van der Waals surface area (Å²) in [5, 5.41) is 6.87. The van der Waals surface area contributed by atoms with Crippen LogP contribution in [0.5, 0.6) is 0 Å². The first-order valence-corrected chi connectivity index (χ1v) is 6.16. The number of carbonyl (C=O) groups is 1. The third kappa shape index (κ3) is 2.75. The van der Waals surface area contributed by atoms with Gasteiger partial charge >= 0.3 is 6.09 Å². The first kappa shape index (κ1) is 12.7. The highest BCUT2D eigenvalue weighted by atomic mass is 16.6. The Morgan fingerprint density at radius 2 is 2.22 bits per heavy atom. The molecule has 1 aromatic rings. The van der Waals surface area contributed by atoms with Crippen molar-refractivity contribution in [2.24, 2.45) is 0 Å². The van der Waals surface area contributed by atoms with Gasteiger partial charge in [-0.15, -0.1) is 0 Å². The molecule has 6 nitrogen and oxygen atoms in total. The monoisotopic (exact) mass is 252 g/mol. The van der Waals surface area contributed by atoms with Crippen molar-refractivity contribution in [1.82, 2.24) is 15.1 Å². The van der Waals surface area contributed by atoms with Crippen molar-refractivity contribution < 1.29 is 9.53 Å². The van der Waals surface area contributed by atoms with Gasteiger partial charge in [0.2, 0.25) is 0 Å². The highest BCUT2D eigenvalue weighted by molar-refractivity contribution is 5.68. The van der Waals surface area contributed by atoms with Crippen molar-refractivity contribution in [2.75, 3.05) is 12.3 Å². The fourth-order valence-corrected chi connectivity index (χ4v) is 2.03. The topological polar surface area (TPSA) is 84.2 Å². The van der Waals surface area contributed by atoms with Crippen LogP contribution in [0.4, 0.5) is 10.6 Å². The molecule has 0 aromatic carbocycles. The summed E-state index contributed by atoms with van der Waals surface area (Å²) in [7, 11) is 0. The quantitative estimate of drug-likeness (QED) is 0.735. The highest BCUT2D eigenvalue weighted by Gasteiger charge is 2.26. The van der Waals surface area contributed by atoms with Crippen molar-refractivity contribution in [3.8, 4) is 0 Å². The Morgan fingerprint density at radius 3 is 2.89 bits per heavy atom. The van der Waals surface area contributed by atoms with Crippen LogP contribution in [0.15, 0.2) is 0 Å². The summed E-state index contributed by atoms with van der Waals surface area (Å²) in [6, 6.07) is 0. The zero-order valence-corrected chi connectivity index (χ0v) is 11.1. The molecular weight excluding hydrogens is 232 g/mol. The van der Waals surface area contributed by atoms with Gasteiger partial charge in [-0.2, -0.15) is 5.10 Å². The maximum atomic E-state index is 12.0. The standard InChI is InChI=1S/C12H20N4O2/c1-12(2,3)18-11(17)16-6-4-5-8-9(7-16)14-15-10(8)13/h4-7H2,1-3H3,(H3,13,14,15). The molecule has 0 saturated heterocycles. The number of carbonyl (C=O) groups excluding carboxylic acids is 1. The van der Waals surface area contributed by atoms with E-state index in [1.807, 2.05) is 20.8 Å². The van der Waals surface area contributed by atoms with Gasteiger partial charge in [0.15, 0.2) is 0 Å². The van der Waals surface area contributed by atoms with Crippen LogP contribution < -0.4 is 5.73 Å². The molecule has 0 unspecified atom stereocenters. The summed E-state index contributed by atoms with van der Waals surface area (Å²) in [4.78, 5) is 13.7. The summed E-state index contributed by atoms with van der Waals surface area (Å²) >= 11 is 0. The molecule has 0 atom stereocenters. The van der Waals surface area contributed by atoms with Crippen molar-refractivity contribution in [2.45, 2.75) is 45.8 Å². The van der Waals surface area contributed by atoms with Crippen molar-refractivity contribution in [3.63, 3.8) is 0 Å². The van der Waals surface area contributed by atoms with Crippen molar-refractivity contribution in [3.05, 3.63) is 11.3 Å². The van der Waals surface area contributed by atoms with E-state index >= 15 is 0 Å². The second-order valence-corrected chi connectivity index (χ2v) is 5.57. The number of nitrogens with two attached hydrogens (primary N) is 1. The van der Waals surface area contributed by atoms with Crippen LogP contribution in [0.25, 0.3) is 0 Å². The molecule has 3 N–H and O–H groups in total. The van der Waals surface area contributed by atoms with E-state index in [4.69, 9.17) is 10.5 Å². The second kappa shape index (κ2) is 4.51. The number of nitrogens with one attached hydrogen (secondary N) is 1.